The number of rotatable bonds is 2. The molecule has 0 aliphatic rings. The molecule has 0 fully saturated rings. The highest BCUT2D eigenvalue weighted by molar-refractivity contribution is 7.07. The first-order valence-corrected chi connectivity index (χ1v) is 7.29. The van der Waals surface area contributed by atoms with Gasteiger partial charge in [0.2, 0.25) is 0 Å². The quantitative estimate of drug-likeness (QED) is 0.744. The normalized spacial score (nSPS) is 12.4. The van der Waals surface area contributed by atoms with Crippen LogP contribution in [-0.2, 0) is 0 Å². The van der Waals surface area contributed by atoms with Crippen LogP contribution < -0.4 is 4.80 Å². The molecule has 2 rings (SSSR count). The minimum atomic E-state index is 0.376. The lowest BCUT2D eigenvalue weighted by Gasteiger charge is -2.09. The average Bonchev–Trinajstić information content (AvgIpc) is 2.64. The predicted octanol–water partition coefficient (Wildman–Crippen LogP) is 4.98. The summed E-state index contributed by atoms with van der Waals surface area (Å²) < 4.78 is 2.19. The summed E-state index contributed by atoms with van der Waals surface area (Å²) in [6, 6.07) is 5.72. The smallest absolute Gasteiger partial charge is 0.190 e. The van der Waals surface area contributed by atoms with Gasteiger partial charge in [0.05, 0.1) is 10.7 Å². The summed E-state index contributed by atoms with van der Waals surface area (Å²) >= 11 is 13.6. The third-order valence-corrected chi connectivity index (χ3v) is 4.06. The third kappa shape index (κ3) is 2.79. The molecule has 0 spiro atoms. The minimum Gasteiger partial charge on any atom is -0.319 e. The Balaban J connectivity index is 2.57. The van der Waals surface area contributed by atoms with E-state index in [1.165, 1.54) is 5.69 Å². The average molecular weight is 301 g/mol. The van der Waals surface area contributed by atoms with Gasteiger partial charge in [-0.2, -0.15) is 0 Å². The van der Waals surface area contributed by atoms with Crippen LogP contribution in [0.5, 0.6) is 0 Å². The van der Waals surface area contributed by atoms with E-state index in [-0.39, 0.29) is 0 Å². The highest BCUT2D eigenvalue weighted by atomic mass is 35.5. The molecule has 0 unspecified atom stereocenters. The second kappa shape index (κ2) is 5.47. The highest BCUT2D eigenvalue weighted by Gasteiger charge is 2.06. The first-order chi connectivity index (χ1) is 8.49. The molecule has 0 atom stereocenters. The molecule has 5 heteroatoms. The van der Waals surface area contributed by atoms with E-state index in [0.717, 1.165) is 10.5 Å². The van der Waals surface area contributed by atoms with Gasteiger partial charge >= 0.3 is 0 Å². The van der Waals surface area contributed by atoms with Crippen molar-refractivity contribution in [3.63, 3.8) is 0 Å². The van der Waals surface area contributed by atoms with Crippen molar-refractivity contribution >= 4 is 40.2 Å². The fourth-order valence-corrected chi connectivity index (χ4v) is 3.25. The van der Waals surface area contributed by atoms with E-state index >= 15 is 0 Å². The van der Waals surface area contributed by atoms with Gasteiger partial charge in [0.1, 0.15) is 0 Å². The highest BCUT2D eigenvalue weighted by Crippen LogP contribution is 2.27. The van der Waals surface area contributed by atoms with Crippen molar-refractivity contribution in [2.24, 2.45) is 4.99 Å². The minimum absolute atomic E-state index is 0.376. The third-order valence-electron chi connectivity index (χ3n) is 2.56. The van der Waals surface area contributed by atoms with Gasteiger partial charge in [0.15, 0.2) is 4.80 Å². The predicted molar refractivity (Wildman–Crippen MR) is 79.1 cm³/mol. The molecule has 1 aromatic heterocycles. The van der Waals surface area contributed by atoms with Crippen LogP contribution in [0.4, 0.5) is 5.69 Å². The van der Waals surface area contributed by atoms with Crippen molar-refractivity contribution in [2.75, 3.05) is 0 Å². The SMILES string of the molecule is Cc1csc(=Nc2ccc(Cl)cc2Cl)n1C(C)C. The maximum absolute atomic E-state index is 6.14. The Morgan fingerprint density at radius 1 is 1.28 bits per heavy atom. The van der Waals surface area contributed by atoms with Crippen molar-refractivity contribution in [3.05, 3.63) is 44.1 Å². The fourth-order valence-electron chi connectivity index (χ4n) is 1.79. The molecule has 96 valence electrons. The van der Waals surface area contributed by atoms with Crippen LogP contribution in [0.2, 0.25) is 10.0 Å². The molecule has 0 saturated carbocycles. The van der Waals surface area contributed by atoms with Gasteiger partial charge in [-0.25, -0.2) is 4.99 Å². The summed E-state index contributed by atoms with van der Waals surface area (Å²) in [5, 5.41) is 3.30. The maximum Gasteiger partial charge on any atom is 0.190 e. The fraction of sp³-hybridized carbons (Fsp3) is 0.308. The van der Waals surface area contributed by atoms with Crippen LogP contribution in [0.1, 0.15) is 25.6 Å². The zero-order valence-electron chi connectivity index (χ0n) is 10.4. The Kier molecular flexibility index (Phi) is 4.15. The largest absolute Gasteiger partial charge is 0.319 e. The van der Waals surface area contributed by atoms with Crippen LogP contribution in [-0.4, -0.2) is 4.57 Å². The van der Waals surface area contributed by atoms with Gasteiger partial charge in [-0.1, -0.05) is 23.2 Å². The van der Waals surface area contributed by atoms with Gasteiger partial charge in [-0.3, -0.25) is 0 Å². The Morgan fingerprint density at radius 2 is 2.00 bits per heavy atom. The molecular formula is C13H14Cl2N2S. The number of benzene rings is 1. The van der Waals surface area contributed by atoms with Crippen LogP contribution in [0, 0.1) is 6.92 Å². The number of thiazole rings is 1. The molecule has 0 N–H and O–H groups in total. The van der Waals surface area contributed by atoms with E-state index in [0.29, 0.717) is 16.1 Å². The van der Waals surface area contributed by atoms with Gasteiger partial charge < -0.3 is 4.57 Å². The van der Waals surface area contributed by atoms with Crippen molar-refractivity contribution in [3.8, 4) is 0 Å². The summed E-state index contributed by atoms with van der Waals surface area (Å²) in [5.74, 6) is 0. The Hall–Kier alpha value is -0.770. The summed E-state index contributed by atoms with van der Waals surface area (Å²) in [6.07, 6.45) is 0. The molecule has 0 aliphatic heterocycles. The number of halogens is 2. The molecule has 0 saturated heterocycles. The zero-order chi connectivity index (χ0) is 13.3. The van der Waals surface area contributed by atoms with E-state index in [4.69, 9.17) is 23.2 Å². The number of hydrogen-bond donors (Lipinski definition) is 0. The molecule has 0 radical (unpaired) electrons. The standard InChI is InChI=1S/C13H14Cl2N2S/c1-8(2)17-9(3)7-18-13(17)16-12-5-4-10(14)6-11(12)15/h4-8H,1-3H3. The Bertz CT molecular complexity index is 626. The van der Waals surface area contributed by atoms with E-state index in [9.17, 15) is 0 Å². The molecule has 1 aromatic carbocycles. The molecule has 1 heterocycles. The van der Waals surface area contributed by atoms with Crippen LogP contribution in [0.25, 0.3) is 0 Å². The van der Waals surface area contributed by atoms with Gasteiger partial charge in [0.25, 0.3) is 0 Å². The van der Waals surface area contributed by atoms with E-state index in [1.54, 1.807) is 23.5 Å². The first kappa shape index (κ1) is 13.7. The lowest BCUT2D eigenvalue weighted by molar-refractivity contribution is 0.570. The maximum atomic E-state index is 6.14. The van der Waals surface area contributed by atoms with Crippen molar-refractivity contribution in [1.82, 2.24) is 4.57 Å². The molecule has 2 aromatic rings. The lowest BCUT2D eigenvalue weighted by Crippen LogP contribution is -2.17. The lowest BCUT2D eigenvalue weighted by atomic mass is 10.3. The number of aromatic nitrogens is 1. The molecule has 0 bridgehead atoms. The summed E-state index contributed by atoms with van der Waals surface area (Å²) in [4.78, 5) is 5.57. The molecule has 0 amide bonds. The second-order valence-corrected chi connectivity index (χ2v) is 6.01. The molecule has 0 aliphatic carbocycles. The van der Waals surface area contributed by atoms with E-state index in [1.807, 2.05) is 6.07 Å². The van der Waals surface area contributed by atoms with Crippen molar-refractivity contribution in [1.29, 1.82) is 0 Å². The topological polar surface area (TPSA) is 17.3 Å². The van der Waals surface area contributed by atoms with E-state index in [2.05, 4.69) is 35.7 Å². The monoisotopic (exact) mass is 300 g/mol. The van der Waals surface area contributed by atoms with Crippen molar-refractivity contribution in [2.45, 2.75) is 26.8 Å². The van der Waals surface area contributed by atoms with Gasteiger partial charge in [-0.15, -0.1) is 11.3 Å². The van der Waals surface area contributed by atoms with Gasteiger partial charge in [-0.05, 0) is 39.0 Å². The summed E-state index contributed by atoms with van der Waals surface area (Å²) in [7, 11) is 0. The van der Waals surface area contributed by atoms with E-state index < -0.39 is 0 Å². The second-order valence-electron chi connectivity index (χ2n) is 4.33. The van der Waals surface area contributed by atoms with Gasteiger partial charge in [0, 0.05) is 22.1 Å². The van der Waals surface area contributed by atoms with Crippen LogP contribution in [0.15, 0.2) is 28.6 Å². The Morgan fingerprint density at radius 3 is 2.61 bits per heavy atom. The van der Waals surface area contributed by atoms with Crippen LogP contribution >= 0.6 is 34.5 Å². The first-order valence-electron chi connectivity index (χ1n) is 5.65. The number of hydrogen-bond acceptors (Lipinski definition) is 2. The Labute approximate surface area is 121 Å². The number of aryl methyl sites for hydroxylation is 1. The summed E-state index contributed by atoms with van der Waals surface area (Å²) in [5.41, 5.74) is 1.95. The van der Waals surface area contributed by atoms with Crippen LogP contribution in [0.3, 0.4) is 0 Å². The molecular weight excluding hydrogens is 287 g/mol. The summed E-state index contributed by atoms with van der Waals surface area (Å²) in [6.45, 7) is 6.36. The number of nitrogens with zero attached hydrogens (tertiary/aromatic N) is 2. The zero-order valence-corrected chi connectivity index (χ0v) is 12.8. The molecule has 18 heavy (non-hydrogen) atoms. The van der Waals surface area contributed by atoms with Crippen molar-refractivity contribution < 1.29 is 0 Å². The molecule has 2 nitrogen and oxygen atoms in total.